The molecule has 3 nitrogen and oxygen atoms in total. The Labute approximate surface area is 118 Å². The molecule has 2 N–H and O–H groups in total. The number of rotatable bonds is 7. The fourth-order valence-corrected chi connectivity index (χ4v) is 2.30. The number of benzene rings is 1. The molecule has 19 heavy (non-hydrogen) atoms. The Kier molecular flexibility index (Phi) is 5.02. The first-order chi connectivity index (χ1) is 9.10. The second-order valence-electron chi connectivity index (χ2n) is 5.18. The lowest BCUT2D eigenvalue weighted by molar-refractivity contribution is 0.253. The van der Waals surface area contributed by atoms with Crippen molar-refractivity contribution >= 4 is 11.6 Å². The van der Waals surface area contributed by atoms with Gasteiger partial charge in [0.25, 0.3) is 0 Å². The number of nitrogens with zero attached hydrogens (tertiary/aromatic N) is 1. The van der Waals surface area contributed by atoms with E-state index in [2.05, 4.69) is 10.2 Å². The molecular formula is C14H20ClFN2O. The van der Waals surface area contributed by atoms with E-state index in [4.69, 9.17) is 11.6 Å². The highest BCUT2D eigenvalue weighted by Crippen LogP contribution is 2.31. The van der Waals surface area contributed by atoms with Crippen molar-refractivity contribution in [2.24, 2.45) is 5.92 Å². The molecule has 0 spiro atoms. The monoisotopic (exact) mass is 286 g/mol. The quantitative estimate of drug-likeness (QED) is 0.809. The van der Waals surface area contributed by atoms with Gasteiger partial charge in [-0.15, -0.1) is 0 Å². The molecule has 0 aliphatic heterocycles. The number of likely N-dealkylation sites (N-methyl/N-ethyl adjacent to an activating group) is 1. The van der Waals surface area contributed by atoms with Crippen LogP contribution in [0.25, 0.3) is 0 Å². The van der Waals surface area contributed by atoms with Gasteiger partial charge in [0.15, 0.2) is 0 Å². The van der Waals surface area contributed by atoms with E-state index in [0.29, 0.717) is 12.1 Å². The smallest absolute Gasteiger partial charge is 0.137 e. The molecule has 1 aromatic rings. The minimum Gasteiger partial charge on any atom is -0.506 e. The Hall–Kier alpha value is -0.840. The predicted octanol–water partition coefficient (Wildman–Crippen LogP) is 2.62. The summed E-state index contributed by atoms with van der Waals surface area (Å²) >= 11 is 5.84. The zero-order valence-electron chi connectivity index (χ0n) is 11.1. The van der Waals surface area contributed by atoms with Gasteiger partial charge in [-0.3, -0.25) is 4.90 Å². The van der Waals surface area contributed by atoms with E-state index in [1.54, 1.807) is 0 Å². The summed E-state index contributed by atoms with van der Waals surface area (Å²) < 4.78 is 13.8. The molecule has 1 fully saturated rings. The SMILES string of the molecule is CNCCN(Cc1cc(Cl)c(O)cc1F)CC1CC1. The summed E-state index contributed by atoms with van der Waals surface area (Å²) in [7, 11) is 1.91. The van der Waals surface area contributed by atoms with E-state index in [0.717, 1.165) is 31.6 Å². The summed E-state index contributed by atoms with van der Waals surface area (Å²) in [6, 6.07) is 2.61. The highest BCUT2D eigenvalue weighted by Gasteiger charge is 2.24. The fraction of sp³-hybridized carbons (Fsp3) is 0.571. The second-order valence-corrected chi connectivity index (χ2v) is 5.58. The molecule has 106 valence electrons. The lowest BCUT2D eigenvalue weighted by Crippen LogP contribution is -2.32. The third-order valence-electron chi connectivity index (χ3n) is 3.40. The maximum Gasteiger partial charge on any atom is 0.137 e. The molecule has 0 aromatic heterocycles. The summed E-state index contributed by atoms with van der Waals surface area (Å²) in [5.74, 6) is 0.159. The van der Waals surface area contributed by atoms with Crippen LogP contribution in [0.4, 0.5) is 4.39 Å². The second kappa shape index (κ2) is 6.55. The average Bonchev–Trinajstić information content (AvgIpc) is 3.17. The van der Waals surface area contributed by atoms with Crippen molar-refractivity contribution in [1.82, 2.24) is 10.2 Å². The van der Waals surface area contributed by atoms with Crippen LogP contribution in [0.1, 0.15) is 18.4 Å². The summed E-state index contributed by atoms with van der Waals surface area (Å²) in [6.45, 7) is 3.29. The average molecular weight is 287 g/mol. The number of hydrogen-bond acceptors (Lipinski definition) is 3. The highest BCUT2D eigenvalue weighted by molar-refractivity contribution is 6.32. The van der Waals surface area contributed by atoms with Gasteiger partial charge in [-0.1, -0.05) is 11.6 Å². The Morgan fingerprint density at radius 2 is 2.21 bits per heavy atom. The number of hydrogen-bond donors (Lipinski definition) is 2. The lowest BCUT2D eigenvalue weighted by Gasteiger charge is -2.22. The van der Waals surface area contributed by atoms with E-state index in [1.165, 1.54) is 18.9 Å². The molecule has 0 saturated heterocycles. The summed E-state index contributed by atoms with van der Waals surface area (Å²) in [5.41, 5.74) is 0.541. The van der Waals surface area contributed by atoms with Gasteiger partial charge in [-0.25, -0.2) is 4.39 Å². The molecule has 2 rings (SSSR count). The van der Waals surface area contributed by atoms with Crippen molar-refractivity contribution < 1.29 is 9.50 Å². The van der Waals surface area contributed by atoms with Gasteiger partial charge in [-0.2, -0.15) is 0 Å². The predicted molar refractivity (Wildman–Crippen MR) is 75.0 cm³/mol. The van der Waals surface area contributed by atoms with Crippen molar-refractivity contribution in [2.45, 2.75) is 19.4 Å². The minimum absolute atomic E-state index is 0.202. The fourth-order valence-electron chi connectivity index (χ4n) is 2.11. The molecule has 1 aliphatic carbocycles. The lowest BCUT2D eigenvalue weighted by atomic mass is 10.1. The first kappa shape index (κ1) is 14.6. The normalized spacial score (nSPS) is 15.2. The molecule has 0 radical (unpaired) electrons. The van der Waals surface area contributed by atoms with E-state index in [-0.39, 0.29) is 10.8 Å². The van der Waals surface area contributed by atoms with Crippen molar-refractivity contribution in [3.63, 3.8) is 0 Å². The maximum absolute atomic E-state index is 13.8. The van der Waals surface area contributed by atoms with Crippen LogP contribution in [-0.2, 0) is 6.54 Å². The van der Waals surface area contributed by atoms with Gasteiger partial charge in [0.2, 0.25) is 0 Å². The van der Waals surface area contributed by atoms with E-state index < -0.39 is 5.82 Å². The zero-order chi connectivity index (χ0) is 13.8. The molecule has 0 bridgehead atoms. The first-order valence-electron chi connectivity index (χ1n) is 6.64. The molecule has 0 heterocycles. The Bertz CT molecular complexity index is 438. The van der Waals surface area contributed by atoms with Gasteiger partial charge in [0.1, 0.15) is 11.6 Å². The van der Waals surface area contributed by atoms with Crippen molar-refractivity contribution in [3.05, 3.63) is 28.5 Å². The van der Waals surface area contributed by atoms with Gasteiger partial charge in [-0.05, 0) is 31.9 Å². The number of aromatic hydroxyl groups is 1. The van der Waals surface area contributed by atoms with E-state index >= 15 is 0 Å². The Balaban J connectivity index is 2.04. The molecule has 0 amide bonds. The maximum atomic E-state index is 13.8. The van der Waals surface area contributed by atoms with Gasteiger partial charge < -0.3 is 10.4 Å². The van der Waals surface area contributed by atoms with E-state index in [1.807, 2.05) is 7.05 Å². The third-order valence-corrected chi connectivity index (χ3v) is 3.70. The number of phenolic OH excluding ortho intramolecular Hbond substituents is 1. The van der Waals surface area contributed by atoms with Gasteiger partial charge in [0.05, 0.1) is 5.02 Å². The topological polar surface area (TPSA) is 35.5 Å². The Morgan fingerprint density at radius 3 is 2.84 bits per heavy atom. The van der Waals surface area contributed by atoms with E-state index in [9.17, 15) is 9.50 Å². The zero-order valence-corrected chi connectivity index (χ0v) is 11.9. The van der Waals surface area contributed by atoms with Crippen LogP contribution in [0.15, 0.2) is 12.1 Å². The molecule has 1 aromatic carbocycles. The Morgan fingerprint density at radius 1 is 1.47 bits per heavy atom. The summed E-state index contributed by atoms with van der Waals surface area (Å²) in [6.07, 6.45) is 2.55. The molecular weight excluding hydrogens is 267 g/mol. The third kappa shape index (κ3) is 4.34. The standard InChI is InChI=1S/C14H20ClFN2O/c1-17-4-5-18(8-10-2-3-10)9-11-6-12(15)14(19)7-13(11)16/h6-7,10,17,19H,2-5,8-9H2,1H3. The molecule has 0 atom stereocenters. The van der Waals surface area contributed by atoms with Crippen LogP contribution in [0.2, 0.25) is 5.02 Å². The molecule has 1 aliphatic rings. The summed E-state index contributed by atoms with van der Waals surface area (Å²) in [5, 5.41) is 12.7. The van der Waals surface area contributed by atoms with Crippen LogP contribution in [0.3, 0.4) is 0 Å². The van der Waals surface area contributed by atoms with Crippen molar-refractivity contribution in [3.8, 4) is 5.75 Å². The largest absolute Gasteiger partial charge is 0.506 e. The van der Waals surface area contributed by atoms with Gasteiger partial charge >= 0.3 is 0 Å². The van der Waals surface area contributed by atoms with Crippen LogP contribution in [0.5, 0.6) is 5.75 Å². The van der Waals surface area contributed by atoms with Crippen LogP contribution >= 0.6 is 11.6 Å². The highest BCUT2D eigenvalue weighted by atomic mass is 35.5. The summed E-state index contributed by atoms with van der Waals surface area (Å²) in [4.78, 5) is 2.24. The first-order valence-corrected chi connectivity index (χ1v) is 7.01. The van der Waals surface area contributed by atoms with Crippen LogP contribution < -0.4 is 5.32 Å². The molecule has 0 unspecified atom stereocenters. The van der Waals surface area contributed by atoms with Crippen LogP contribution in [0, 0.1) is 11.7 Å². The van der Waals surface area contributed by atoms with Crippen molar-refractivity contribution in [2.75, 3.05) is 26.7 Å². The number of nitrogens with one attached hydrogen (secondary N) is 1. The number of phenols is 1. The minimum atomic E-state index is -0.396. The number of halogens is 2. The van der Waals surface area contributed by atoms with Gasteiger partial charge in [0, 0.05) is 37.8 Å². The van der Waals surface area contributed by atoms with Crippen molar-refractivity contribution in [1.29, 1.82) is 0 Å². The van der Waals surface area contributed by atoms with Crippen LogP contribution in [-0.4, -0.2) is 36.7 Å². The molecule has 5 heteroatoms. The molecule has 1 saturated carbocycles.